The molecule has 32 heavy (non-hydrogen) atoms. The summed E-state index contributed by atoms with van der Waals surface area (Å²) in [5.41, 5.74) is 2.97. The summed E-state index contributed by atoms with van der Waals surface area (Å²) < 4.78 is 2.11. The van der Waals surface area contributed by atoms with E-state index >= 15 is 0 Å². The number of carbonyl (C=O) groups excluding carboxylic acids is 1. The third-order valence-electron chi connectivity index (χ3n) is 7.53. The van der Waals surface area contributed by atoms with Gasteiger partial charge in [-0.2, -0.15) is 0 Å². The van der Waals surface area contributed by atoms with E-state index in [1.165, 1.54) is 11.1 Å². The van der Waals surface area contributed by atoms with E-state index in [1.807, 2.05) is 18.0 Å². The zero-order valence-electron chi connectivity index (χ0n) is 19.0. The largest absolute Gasteiger partial charge is 0.380 e. The lowest BCUT2D eigenvalue weighted by atomic mass is 9.70. The van der Waals surface area contributed by atoms with E-state index in [0.717, 1.165) is 37.3 Å². The number of aryl methyl sites for hydroxylation is 1. The highest BCUT2D eigenvalue weighted by atomic mass is 16.3. The van der Waals surface area contributed by atoms with Crippen LogP contribution in [0.1, 0.15) is 42.5 Å². The number of aromatic nitrogens is 2. The van der Waals surface area contributed by atoms with Gasteiger partial charge >= 0.3 is 0 Å². The van der Waals surface area contributed by atoms with Gasteiger partial charge in [-0.1, -0.05) is 36.4 Å². The zero-order valence-corrected chi connectivity index (χ0v) is 19.0. The van der Waals surface area contributed by atoms with E-state index in [2.05, 4.69) is 65.0 Å². The molecule has 4 heterocycles. The Balaban J connectivity index is 1.44. The molecule has 0 saturated carbocycles. The molecule has 0 bridgehead atoms. The van der Waals surface area contributed by atoms with Gasteiger partial charge in [0.05, 0.1) is 5.69 Å². The van der Waals surface area contributed by atoms with Gasteiger partial charge in [0.1, 0.15) is 11.2 Å². The minimum absolute atomic E-state index is 0.0992. The van der Waals surface area contributed by atoms with Crippen molar-refractivity contribution in [3.05, 3.63) is 71.7 Å². The minimum Gasteiger partial charge on any atom is -0.380 e. The maximum absolute atomic E-state index is 13.3. The Hall–Kier alpha value is -2.70. The third kappa shape index (κ3) is 3.61. The molecule has 2 aliphatic rings. The minimum atomic E-state index is -1.22. The van der Waals surface area contributed by atoms with Crippen LogP contribution in [0.15, 0.2) is 54.9 Å². The van der Waals surface area contributed by atoms with Crippen molar-refractivity contribution in [3.63, 3.8) is 0 Å². The fourth-order valence-electron chi connectivity index (χ4n) is 5.37. The number of hydrogen-bond acceptors (Lipinski definition) is 4. The molecule has 5 rings (SSSR count). The van der Waals surface area contributed by atoms with Crippen LogP contribution in [0.3, 0.4) is 0 Å². The number of likely N-dealkylation sites (tertiary alicyclic amines) is 2. The zero-order chi connectivity index (χ0) is 22.3. The predicted octanol–water partition coefficient (Wildman–Crippen LogP) is 3.01. The van der Waals surface area contributed by atoms with E-state index in [-0.39, 0.29) is 11.3 Å². The van der Waals surface area contributed by atoms with Crippen molar-refractivity contribution < 1.29 is 9.90 Å². The molecule has 1 amide bonds. The van der Waals surface area contributed by atoms with E-state index in [1.54, 1.807) is 0 Å². The fourth-order valence-corrected chi connectivity index (χ4v) is 5.37. The molecular weight excluding hydrogens is 400 g/mol. The summed E-state index contributed by atoms with van der Waals surface area (Å²) in [6.07, 6.45) is 6.86. The molecule has 2 fully saturated rings. The van der Waals surface area contributed by atoms with Crippen LogP contribution in [-0.4, -0.2) is 69.0 Å². The standard InChI is InChI=1S/C26H32N4O2/c1-20-8-9-23-27-22(19-30(23)18-20)25(21-6-4-3-5-7-21)10-16-29(17-11-25)24(31)26(32)12-14-28(2)15-13-26/h3-9,18-19,32H,10-17H2,1-2H3. The molecule has 2 aromatic heterocycles. The average molecular weight is 433 g/mol. The second kappa shape index (κ2) is 8.01. The number of aliphatic hydroxyl groups is 1. The Bertz CT molecular complexity index is 1110. The first-order valence-electron chi connectivity index (χ1n) is 11.6. The summed E-state index contributed by atoms with van der Waals surface area (Å²) in [5, 5.41) is 11.1. The number of carbonyl (C=O) groups is 1. The first kappa shape index (κ1) is 21.2. The maximum atomic E-state index is 13.3. The second-order valence-corrected chi connectivity index (χ2v) is 9.67. The highest BCUT2D eigenvalue weighted by molar-refractivity contribution is 5.85. The van der Waals surface area contributed by atoms with Crippen LogP contribution in [0, 0.1) is 6.92 Å². The Kier molecular flexibility index (Phi) is 5.30. The second-order valence-electron chi connectivity index (χ2n) is 9.67. The number of pyridine rings is 1. The molecule has 0 atom stereocenters. The van der Waals surface area contributed by atoms with Crippen LogP contribution in [0.5, 0.6) is 0 Å². The van der Waals surface area contributed by atoms with Crippen molar-refractivity contribution in [3.8, 4) is 0 Å². The van der Waals surface area contributed by atoms with Gasteiger partial charge in [-0.3, -0.25) is 4.79 Å². The molecule has 168 valence electrons. The number of piperidine rings is 2. The van der Waals surface area contributed by atoms with Crippen molar-refractivity contribution in [1.29, 1.82) is 0 Å². The van der Waals surface area contributed by atoms with Crippen LogP contribution < -0.4 is 0 Å². The van der Waals surface area contributed by atoms with Crippen LogP contribution in [-0.2, 0) is 10.2 Å². The van der Waals surface area contributed by atoms with Gasteiger partial charge in [0.25, 0.3) is 5.91 Å². The highest BCUT2D eigenvalue weighted by Crippen LogP contribution is 2.42. The van der Waals surface area contributed by atoms with Crippen LogP contribution >= 0.6 is 0 Å². The average Bonchev–Trinajstić information content (AvgIpc) is 3.25. The van der Waals surface area contributed by atoms with Crippen molar-refractivity contribution in [2.75, 3.05) is 33.2 Å². The maximum Gasteiger partial charge on any atom is 0.254 e. The van der Waals surface area contributed by atoms with Crippen molar-refractivity contribution in [2.24, 2.45) is 0 Å². The third-order valence-corrected chi connectivity index (χ3v) is 7.53. The molecule has 3 aromatic rings. The topological polar surface area (TPSA) is 61.1 Å². The van der Waals surface area contributed by atoms with Gasteiger partial charge < -0.3 is 19.3 Å². The molecule has 6 nitrogen and oxygen atoms in total. The van der Waals surface area contributed by atoms with Gasteiger partial charge in [0, 0.05) is 44.0 Å². The molecule has 2 aliphatic heterocycles. The quantitative estimate of drug-likeness (QED) is 0.691. The SMILES string of the molecule is Cc1ccc2nc(C3(c4ccccc4)CCN(C(=O)C4(O)CCN(C)CC4)CC3)cn2c1. The van der Waals surface area contributed by atoms with E-state index < -0.39 is 5.60 Å². The number of hydrogen-bond donors (Lipinski definition) is 1. The fraction of sp³-hybridized carbons (Fsp3) is 0.462. The van der Waals surface area contributed by atoms with Gasteiger partial charge in [0.2, 0.25) is 0 Å². The summed E-state index contributed by atoms with van der Waals surface area (Å²) in [4.78, 5) is 22.3. The van der Waals surface area contributed by atoms with Gasteiger partial charge in [-0.05, 0) is 56.8 Å². The Labute approximate surface area is 189 Å². The summed E-state index contributed by atoms with van der Waals surface area (Å²) >= 11 is 0. The van der Waals surface area contributed by atoms with E-state index in [9.17, 15) is 9.90 Å². The van der Waals surface area contributed by atoms with E-state index in [4.69, 9.17) is 4.98 Å². The molecule has 0 aliphatic carbocycles. The highest BCUT2D eigenvalue weighted by Gasteiger charge is 2.46. The van der Waals surface area contributed by atoms with Gasteiger partial charge in [0.15, 0.2) is 0 Å². The molecule has 6 heteroatoms. The first-order valence-corrected chi connectivity index (χ1v) is 11.6. The van der Waals surface area contributed by atoms with Crippen molar-refractivity contribution >= 4 is 11.6 Å². The van der Waals surface area contributed by atoms with Gasteiger partial charge in [-0.15, -0.1) is 0 Å². The normalized spacial score (nSPS) is 21.0. The number of nitrogens with zero attached hydrogens (tertiary/aromatic N) is 4. The summed E-state index contributed by atoms with van der Waals surface area (Å²) in [7, 11) is 2.04. The lowest BCUT2D eigenvalue weighted by Crippen LogP contribution is -2.57. The Morgan fingerprint density at radius 1 is 0.938 bits per heavy atom. The molecule has 1 N–H and O–H groups in total. The smallest absolute Gasteiger partial charge is 0.254 e. The van der Waals surface area contributed by atoms with Crippen LogP contribution in [0.2, 0.25) is 0 Å². The molecular formula is C26H32N4O2. The number of imidazole rings is 1. The predicted molar refractivity (Wildman–Crippen MR) is 125 cm³/mol. The number of benzene rings is 1. The van der Waals surface area contributed by atoms with Crippen molar-refractivity contribution in [1.82, 2.24) is 19.2 Å². The summed E-state index contributed by atoms with van der Waals surface area (Å²) in [6, 6.07) is 14.7. The molecule has 0 unspecified atom stereocenters. The number of rotatable bonds is 3. The lowest BCUT2D eigenvalue weighted by Gasteiger charge is -2.44. The lowest BCUT2D eigenvalue weighted by molar-refractivity contribution is -0.157. The summed E-state index contributed by atoms with van der Waals surface area (Å²) in [6.45, 7) is 4.84. The number of fused-ring (bicyclic) bond motifs is 1. The molecule has 1 aromatic carbocycles. The first-order chi connectivity index (χ1) is 15.4. The molecule has 2 saturated heterocycles. The number of amides is 1. The molecule has 0 spiro atoms. The Morgan fingerprint density at radius 2 is 1.62 bits per heavy atom. The van der Waals surface area contributed by atoms with Gasteiger partial charge in [-0.25, -0.2) is 4.98 Å². The monoisotopic (exact) mass is 432 g/mol. The Morgan fingerprint density at radius 3 is 2.31 bits per heavy atom. The van der Waals surface area contributed by atoms with E-state index in [0.29, 0.717) is 25.9 Å². The van der Waals surface area contributed by atoms with Crippen molar-refractivity contribution in [2.45, 2.75) is 43.6 Å². The summed E-state index contributed by atoms with van der Waals surface area (Å²) in [5.74, 6) is -0.0992. The molecule has 0 radical (unpaired) electrons. The van der Waals surface area contributed by atoms with Crippen LogP contribution in [0.4, 0.5) is 0 Å². The van der Waals surface area contributed by atoms with Crippen LogP contribution in [0.25, 0.3) is 5.65 Å².